The number of fused-ring (bicyclic) bond motifs is 2. The van der Waals surface area contributed by atoms with Crippen molar-refractivity contribution in [3.63, 3.8) is 0 Å². The minimum absolute atomic E-state index is 1.04. The number of rotatable bonds is 2. The van der Waals surface area contributed by atoms with Gasteiger partial charge < -0.3 is 0 Å². The molecule has 1 heteroatoms. The van der Waals surface area contributed by atoms with Crippen molar-refractivity contribution in [2.24, 2.45) is 0 Å². The Bertz CT molecular complexity index is 1090. The predicted molar refractivity (Wildman–Crippen MR) is 114 cm³/mol. The molecule has 0 unspecified atom stereocenters. The highest BCUT2D eigenvalue weighted by Gasteiger charge is 2.08. The van der Waals surface area contributed by atoms with E-state index < -0.39 is 0 Å². The molecule has 1 heterocycles. The second-order valence-electron chi connectivity index (χ2n) is 7.07. The van der Waals surface area contributed by atoms with Crippen LogP contribution in [-0.2, 0) is 0 Å². The molecule has 0 radical (unpaired) electrons. The zero-order valence-corrected chi connectivity index (χ0v) is 15.8. The third kappa shape index (κ3) is 2.70. The quantitative estimate of drug-likeness (QED) is 0.367. The Balaban J connectivity index is 1.99. The number of para-hydroxylation sites is 2. The zero-order chi connectivity index (χ0) is 18.3. The van der Waals surface area contributed by atoms with E-state index in [1.54, 1.807) is 0 Å². The van der Waals surface area contributed by atoms with Crippen molar-refractivity contribution in [3.8, 4) is 0 Å². The minimum atomic E-state index is 1.04. The standard InChI is InChI=1S/C25H23N/c1-16-15-17(2)19(4)20(18(16)3)13-14-21-22-9-5-7-11-24(22)26-25-12-8-6-10-23(21)25/h5-15H,1-4H3/b14-13-. The molecule has 0 aliphatic heterocycles. The normalized spacial score (nSPS) is 11.7. The molecule has 0 aliphatic carbocycles. The molecule has 128 valence electrons. The predicted octanol–water partition coefficient (Wildman–Crippen LogP) is 6.79. The molecule has 1 aromatic heterocycles. The number of benzene rings is 3. The lowest BCUT2D eigenvalue weighted by Gasteiger charge is -2.13. The summed E-state index contributed by atoms with van der Waals surface area (Å²) < 4.78 is 0. The summed E-state index contributed by atoms with van der Waals surface area (Å²) in [6.07, 6.45) is 4.54. The molecule has 0 bridgehead atoms. The van der Waals surface area contributed by atoms with E-state index in [1.807, 2.05) is 0 Å². The number of hydrogen-bond acceptors (Lipinski definition) is 1. The lowest BCUT2D eigenvalue weighted by Crippen LogP contribution is -1.94. The summed E-state index contributed by atoms with van der Waals surface area (Å²) in [5, 5.41) is 2.39. The van der Waals surface area contributed by atoms with Gasteiger partial charge in [0.05, 0.1) is 11.0 Å². The maximum atomic E-state index is 4.82. The van der Waals surface area contributed by atoms with Gasteiger partial charge >= 0.3 is 0 Å². The van der Waals surface area contributed by atoms with Crippen molar-refractivity contribution >= 4 is 34.0 Å². The Morgan fingerprint density at radius 2 is 1.08 bits per heavy atom. The van der Waals surface area contributed by atoms with Crippen molar-refractivity contribution < 1.29 is 0 Å². The van der Waals surface area contributed by atoms with Crippen molar-refractivity contribution in [1.29, 1.82) is 0 Å². The molecule has 0 spiro atoms. The molecule has 0 N–H and O–H groups in total. The fourth-order valence-corrected chi connectivity index (χ4v) is 3.72. The average molecular weight is 337 g/mol. The van der Waals surface area contributed by atoms with Crippen LogP contribution < -0.4 is 0 Å². The van der Waals surface area contributed by atoms with Gasteiger partial charge in [-0.25, -0.2) is 4.98 Å². The zero-order valence-electron chi connectivity index (χ0n) is 15.8. The van der Waals surface area contributed by atoms with Gasteiger partial charge in [-0.1, -0.05) is 54.6 Å². The maximum Gasteiger partial charge on any atom is 0.0715 e. The summed E-state index contributed by atoms with van der Waals surface area (Å²) >= 11 is 0. The second-order valence-corrected chi connectivity index (χ2v) is 7.07. The topological polar surface area (TPSA) is 12.9 Å². The first kappa shape index (κ1) is 16.5. The summed E-state index contributed by atoms with van der Waals surface area (Å²) in [5.74, 6) is 0. The van der Waals surface area contributed by atoms with Crippen LogP contribution in [0.1, 0.15) is 33.4 Å². The molecule has 3 aromatic carbocycles. The third-order valence-electron chi connectivity index (χ3n) is 5.47. The number of aryl methyl sites for hydroxylation is 2. The van der Waals surface area contributed by atoms with Crippen LogP contribution >= 0.6 is 0 Å². The Kier molecular flexibility index (Phi) is 4.08. The third-order valence-corrected chi connectivity index (χ3v) is 5.47. The smallest absolute Gasteiger partial charge is 0.0715 e. The molecule has 0 aliphatic rings. The van der Waals surface area contributed by atoms with Crippen LogP contribution in [0.4, 0.5) is 0 Å². The Morgan fingerprint density at radius 1 is 0.615 bits per heavy atom. The van der Waals surface area contributed by atoms with Crippen LogP contribution in [-0.4, -0.2) is 4.98 Å². The fraction of sp³-hybridized carbons (Fsp3) is 0.160. The van der Waals surface area contributed by atoms with Crippen LogP contribution in [0.3, 0.4) is 0 Å². The molecule has 4 aromatic rings. The first-order chi connectivity index (χ1) is 12.6. The molecule has 0 atom stereocenters. The Labute approximate surface area is 155 Å². The van der Waals surface area contributed by atoms with E-state index in [1.165, 1.54) is 44.2 Å². The number of aromatic nitrogens is 1. The molecule has 4 rings (SSSR count). The molecule has 0 amide bonds. The highest BCUT2D eigenvalue weighted by Crippen LogP contribution is 2.29. The van der Waals surface area contributed by atoms with E-state index in [9.17, 15) is 0 Å². The highest BCUT2D eigenvalue weighted by atomic mass is 14.7. The van der Waals surface area contributed by atoms with Gasteiger partial charge in [0.15, 0.2) is 0 Å². The van der Waals surface area contributed by atoms with Crippen LogP contribution in [0.15, 0.2) is 54.6 Å². The maximum absolute atomic E-state index is 4.82. The first-order valence-electron chi connectivity index (χ1n) is 9.09. The highest BCUT2D eigenvalue weighted by molar-refractivity contribution is 6.04. The molecular weight excluding hydrogens is 314 g/mol. The molecule has 0 saturated carbocycles. The van der Waals surface area contributed by atoms with E-state index in [-0.39, 0.29) is 0 Å². The Morgan fingerprint density at radius 3 is 1.62 bits per heavy atom. The summed E-state index contributed by atoms with van der Waals surface area (Å²) in [7, 11) is 0. The van der Waals surface area contributed by atoms with Gasteiger partial charge in [-0.05, 0) is 73.2 Å². The summed E-state index contributed by atoms with van der Waals surface area (Å²) in [6.45, 7) is 8.81. The van der Waals surface area contributed by atoms with Crippen molar-refractivity contribution in [2.45, 2.75) is 27.7 Å². The van der Waals surface area contributed by atoms with Gasteiger partial charge in [-0.15, -0.1) is 0 Å². The SMILES string of the molecule is Cc1cc(C)c(C)c(/C=C\c2c3ccccc3nc3ccccc23)c1C. The summed E-state index contributed by atoms with van der Waals surface area (Å²) in [5.41, 5.74) is 10.0. The van der Waals surface area contributed by atoms with E-state index in [0.29, 0.717) is 0 Å². The number of hydrogen-bond donors (Lipinski definition) is 0. The van der Waals surface area contributed by atoms with E-state index in [4.69, 9.17) is 4.98 Å². The molecule has 26 heavy (non-hydrogen) atoms. The molecule has 0 fully saturated rings. The van der Waals surface area contributed by atoms with Gasteiger partial charge in [-0.3, -0.25) is 0 Å². The second kappa shape index (κ2) is 6.42. The monoisotopic (exact) mass is 337 g/mol. The van der Waals surface area contributed by atoms with Crippen molar-refractivity contribution in [3.05, 3.63) is 88.0 Å². The minimum Gasteiger partial charge on any atom is -0.248 e. The van der Waals surface area contributed by atoms with Crippen molar-refractivity contribution in [1.82, 2.24) is 4.98 Å². The van der Waals surface area contributed by atoms with Crippen LogP contribution in [0.25, 0.3) is 34.0 Å². The van der Waals surface area contributed by atoms with E-state index in [0.717, 1.165) is 11.0 Å². The van der Waals surface area contributed by atoms with Crippen molar-refractivity contribution in [2.75, 3.05) is 0 Å². The number of pyridine rings is 1. The van der Waals surface area contributed by atoms with E-state index in [2.05, 4.69) is 94.4 Å². The number of nitrogens with zero attached hydrogens (tertiary/aromatic N) is 1. The fourth-order valence-electron chi connectivity index (χ4n) is 3.72. The molecule has 1 nitrogen and oxygen atoms in total. The lowest BCUT2D eigenvalue weighted by atomic mass is 9.93. The molecule has 0 saturated heterocycles. The van der Waals surface area contributed by atoms with Gasteiger partial charge in [0, 0.05) is 10.8 Å². The van der Waals surface area contributed by atoms with Crippen LogP contribution in [0, 0.1) is 27.7 Å². The van der Waals surface area contributed by atoms with Gasteiger partial charge in [-0.2, -0.15) is 0 Å². The Hall–Kier alpha value is -2.93. The van der Waals surface area contributed by atoms with Crippen LogP contribution in [0.5, 0.6) is 0 Å². The summed E-state index contributed by atoms with van der Waals surface area (Å²) in [4.78, 5) is 4.82. The van der Waals surface area contributed by atoms with Gasteiger partial charge in [0.2, 0.25) is 0 Å². The lowest BCUT2D eigenvalue weighted by molar-refractivity contribution is 1.23. The van der Waals surface area contributed by atoms with Crippen LogP contribution in [0.2, 0.25) is 0 Å². The first-order valence-corrected chi connectivity index (χ1v) is 9.09. The summed E-state index contributed by atoms with van der Waals surface area (Å²) in [6, 6.07) is 19.1. The van der Waals surface area contributed by atoms with Gasteiger partial charge in [0.25, 0.3) is 0 Å². The van der Waals surface area contributed by atoms with E-state index >= 15 is 0 Å². The largest absolute Gasteiger partial charge is 0.248 e. The molecular formula is C25H23N. The average Bonchev–Trinajstić information content (AvgIpc) is 2.65. The van der Waals surface area contributed by atoms with Gasteiger partial charge in [0.1, 0.15) is 0 Å².